The maximum Gasteiger partial charge on any atom is 0.435 e. The molecule has 1 saturated carbocycles. The third-order valence-corrected chi connectivity index (χ3v) is 8.59. The Kier molecular flexibility index (Phi) is 11.7. The number of anilines is 2. The van der Waals surface area contributed by atoms with Crippen LogP contribution in [0.25, 0.3) is 11.1 Å². The van der Waals surface area contributed by atoms with Gasteiger partial charge in [-0.05, 0) is 54.7 Å². The summed E-state index contributed by atoms with van der Waals surface area (Å²) in [5, 5.41) is 8.32. The standard InChI is InChI=1S/C31H34Cl3N5O5S/c32-31(33,34)20-44-30(41)38-29(35)23-9-6-10-25(17-23)39(18-21-7-2-1-3-8-21)19-28(40)37-24-15-13-22(14-16-24)26-11-4-5-12-27(26)45(36,42)43/h4-6,9-17,21H,1-3,7-8,18-20H2,(H,37,40)(H2,35,38,41)(H2,36,42,43). The molecule has 0 bridgehead atoms. The molecule has 14 heteroatoms. The summed E-state index contributed by atoms with van der Waals surface area (Å²) in [4.78, 5) is 31.1. The molecule has 1 aliphatic rings. The van der Waals surface area contributed by atoms with Crippen molar-refractivity contribution in [2.45, 2.75) is 40.8 Å². The predicted molar refractivity (Wildman–Crippen MR) is 179 cm³/mol. The summed E-state index contributed by atoms with van der Waals surface area (Å²) in [5.41, 5.74) is 8.95. The van der Waals surface area contributed by atoms with Gasteiger partial charge in [0.1, 0.15) is 12.4 Å². The molecule has 5 N–H and O–H groups in total. The molecule has 1 aliphatic carbocycles. The van der Waals surface area contributed by atoms with Crippen LogP contribution in [0.4, 0.5) is 16.2 Å². The van der Waals surface area contributed by atoms with Crippen molar-refractivity contribution < 1.29 is 22.7 Å². The number of hydrogen-bond acceptors (Lipinski definition) is 6. The first-order valence-corrected chi connectivity index (χ1v) is 16.9. The number of benzene rings is 3. The highest BCUT2D eigenvalue weighted by molar-refractivity contribution is 7.89. The fourth-order valence-corrected chi connectivity index (χ4v) is 6.13. The Morgan fingerprint density at radius 3 is 2.33 bits per heavy atom. The first-order valence-electron chi connectivity index (χ1n) is 14.2. The molecule has 240 valence electrons. The van der Waals surface area contributed by atoms with E-state index in [0.717, 1.165) is 31.4 Å². The highest BCUT2D eigenvalue weighted by Crippen LogP contribution is 2.29. The minimum absolute atomic E-state index is 0.0211. The van der Waals surface area contributed by atoms with Crippen molar-refractivity contribution in [3.8, 4) is 11.1 Å². The van der Waals surface area contributed by atoms with Gasteiger partial charge in [-0.3, -0.25) is 4.79 Å². The highest BCUT2D eigenvalue weighted by atomic mass is 35.6. The summed E-state index contributed by atoms with van der Waals surface area (Å²) in [5.74, 6) is 0.0828. The van der Waals surface area contributed by atoms with Crippen molar-refractivity contribution in [3.63, 3.8) is 0 Å². The van der Waals surface area contributed by atoms with Crippen LogP contribution in [-0.4, -0.2) is 49.7 Å². The number of primary sulfonamides is 1. The fourth-order valence-electron chi connectivity index (χ4n) is 5.20. The van der Waals surface area contributed by atoms with Crippen LogP contribution in [-0.2, 0) is 19.6 Å². The number of ether oxygens (including phenoxy) is 1. The SMILES string of the molecule is NC(=NC(=O)OCC(Cl)(Cl)Cl)c1cccc(N(CC(=O)Nc2ccc(-c3ccccc3S(N)(=O)=O)cc2)CC2CCCCC2)c1. The number of nitrogens with one attached hydrogen (secondary N) is 1. The van der Waals surface area contributed by atoms with E-state index in [9.17, 15) is 18.0 Å². The van der Waals surface area contributed by atoms with Gasteiger partial charge in [0.2, 0.25) is 19.7 Å². The van der Waals surface area contributed by atoms with E-state index in [1.165, 1.54) is 12.5 Å². The number of amides is 2. The second-order valence-corrected chi connectivity index (χ2v) is 14.8. The number of carbonyl (C=O) groups is 2. The van der Waals surface area contributed by atoms with Crippen LogP contribution in [0.5, 0.6) is 0 Å². The van der Waals surface area contributed by atoms with Gasteiger partial charge in [-0.2, -0.15) is 4.99 Å². The lowest BCUT2D eigenvalue weighted by Crippen LogP contribution is -2.37. The van der Waals surface area contributed by atoms with Gasteiger partial charge in [-0.15, -0.1) is 0 Å². The lowest BCUT2D eigenvalue weighted by molar-refractivity contribution is -0.115. The number of rotatable bonds is 10. The summed E-state index contributed by atoms with van der Waals surface area (Å²) in [6.07, 6.45) is 4.62. The van der Waals surface area contributed by atoms with Crippen molar-refractivity contribution in [2.75, 3.05) is 29.9 Å². The molecule has 45 heavy (non-hydrogen) atoms. The van der Waals surface area contributed by atoms with Crippen molar-refractivity contribution in [1.82, 2.24) is 0 Å². The van der Waals surface area contributed by atoms with E-state index < -0.39 is 26.5 Å². The van der Waals surface area contributed by atoms with Crippen LogP contribution in [0.3, 0.4) is 0 Å². The molecule has 1 fully saturated rings. The molecule has 3 aromatic carbocycles. The fraction of sp³-hybridized carbons (Fsp3) is 0.323. The topological polar surface area (TPSA) is 157 Å². The normalized spacial score (nSPS) is 14.5. The second-order valence-electron chi connectivity index (χ2n) is 10.8. The van der Waals surface area contributed by atoms with Gasteiger partial charge < -0.3 is 20.7 Å². The van der Waals surface area contributed by atoms with Crippen LogP contribution < -0.4 is 21.1 Å². The van der Waals surface area contributed by atoms with E-state index in [4.69, 9.17) is 50.4 Å². The molecule has 4 rings (SSSR count). The molecule has 0 radical (unpaired) electrons. The van der Waals surface area contributed by atoms with E-state index >= 15 is 0 Å². The first kappa shape index (κ1) is 34.5. The second kappa shape index (κ2) is 15.3. The zero-order valence-electron chi connectivity index (χ0n) is 24.3. The van der Waals surface area contributed by atoms with E-state index in [1.807, 2.05) is 11.0 Å². The minimum atomic E-state index is -3.91. The first-order chi connectivity index (χ1) is 21.3. The zero-order valence-corrected chi connectivity index (χ0v) is 27.4. The summed E-state index contributed by atoms with van der Waals surface area (Å²) in [6.45, 7) is 0.226. The van der Waals surface area contributed by atoms with Crippen molar-refractivity contribution in [1.29, 1.82) is 0 Å². The largest absolute Gasteiger partial charge is 0.443 e. The van der Waals surface area contributed by atoms with E-state index in [1.54, 1.807) is 60.7 Å². The smallest absolute Gasteiger partial charge is 0.435 e. The Labute approximate surface area is 277 Å². The number of nitrogens with two attached hydrogens (primary N) is 2. The predicted octanol–water partition coefficient (Wildman–Crippen LogP) is 6.24. The third kappa shape index (κ3) is 10.6. The number of hydrogen-bond donors (Lipinski definition) is 3. The van der Waals surface area contributed by atoms with Gasteiger partial charge in [0.05, 0.1) is 11.4 Å². The van der Waals surface area contributed by atoms with Crippen molar-refractivity contribution in [2.24, 2.45) is 21.8 Å². The number of nitrogens with zero attached hydrogens (tertiary/aromatic N) is 2. The van der Waals surface area contributed by atoms with Gasteiger partial charge in [0.15, 0.2) is 0 Å². The van der Waals surface area contributed by atoms with E-state index in [0.29, 0.717) is 34.8 Å². The van der Waals surface area contributed by atoms with Crippen LogP contribution in [0.1, 0.15) is 37.7 Å². The maximum absolute atomic E-state index is 13.3. The summed E-state index contributed by atoms with van der Waals surface area (Å²) in [6, 6.07) is 20.4. The Morgan fingerprint density at radius 1 is 0.978 bits per heavy atom. The quantitative estimate of drug-likeness (QED) is 0.129. The molecule has 0 heterocycles. The molecule has 0 saturated heterocycles. The van der Waals surface area contributed by atoms with Gasteiger partial charge >= 0.3 is 6.09 Å². The Morgan fingerprint density at radius 2 is 1.67 bits per heavy atom. The Bertz CT molecular complexity index is 1640. The van der Waals surface area contributed by atoms with Gasteiger partial charge in [-0.1, -0.05) is 96.5 Å². The molecular weight excluding hydrogens is 661 g/mol. The monoisotopic (exact) mass is 693 g/mol. The number of aliphatic imine (C=N–C) groups is 1. The van der Waals surface area contributed by atoms with E-state index in [2.05, 4.69) is 10.3 Å². The van der Waals surface area contributed by atoms with Crippen molar-refractivity contribution in [3.05, 3.63) is 78.4 Å². The average Bonchev–Trinajstić information content (AvgIpc) is 3.00. The molecule has 3 aromatic rings. The molecule has 0 unspecified atom stereocenters. The molecule has 2 amide bonds. The molecule has 0 aromatic heterocycles. The number of amidine groups is 1. The lowest BCUT2D eigenvalue weighted by atomic mass is 9.89. The van der Waals surface area contributed by atoms with Gasteiger partial charge in [-0.25, -0.2) is 18.4 Å². The number of alkyl halides is 3. The molecule has 10 nitrogen and oxygen atoms in total. The average molecular weight is 695 g/mol. The zero-order chi connectivity index (χ0) is 32.6. The van der Waals surface area contributed by atoms with Gasteiger partial charge in [0.25, 0.3) is 0 Å². The number of halogens is 3. The molecule has 0 aliphatic heterocycles. The Hall–Kier alpha value is -3.35. The lowest BCUT2D eigenvalue weighted by Gasteiger charge is -2.31. The maximum atomic E-state index is 13.3. The van der Waals surface area contributed by atoms with Crippen LogP contribution in [0.15, 0.2) is 82.7 Å². The van der Waals surface area contributed by atoms with E-state index in [-0.39, 0.29) is 23.2 Å². The Balaban J connectivity index is 1.50. The third-order valence-electron chi connectivity index (χ3n) is 7.29. The van der Waals surface area contributed by atoms with Crippen molar-refractivity contribution >= 4 is 74.0 Å². The molecular formula is C31H34Cl3N5O5S. The summed E-state index contributed by atoms with van der Waals surface area (Å²) in [7, 11) is -3.91. The van der Waals surface area contributed by atoms with Crippen LogP contribution in [0.2, 0.25) is 0 Å². The summed E-state index contributed by atoms with van der Waals surface area (Å²) < 4.78 is 27.1. The number of sulfonamides is 1. The highest BCUT2D eigenvalue weighted by Gasteiger charge is 2.23. The molecule has 0 atom stereocenters. The minimum Gasteiger partial charge on any atom is -0.443 e. The van der Waals surface area contributed by atoms with Gasteiger partial charge in [0, 0.05) is 29.0 Å². The van der Waals surface area contributed by atoms with Crippen LogP contribution >= 0.6 is 34.8 Å². The number of carbonyl (C=O) groups excluding carboxylic acids is 2. The summed E-state index contributed by atoms with van der Waals surface area (Å²) >= 11 is 16.9. The molecule has 0 spiro atoms. The van der Waals surface area contributed by atoms with Crippen LogP contribution in [0, 0.1) is 5.92 Å².